The average molecular weight is 418 g/mol. The van der Waals surface area contributed by atoms with Crippen molar-refractivity contribution in [2.75, 3.05) is 0 Å². The van der Waals surface area contributed by atoms with Crippen LogP contribution in [0.5, 0.6) is 23.0 Å². The Morgan fingerprint density at radius 3 is 2.20 bits per heavy atom. The summed E-state index contributed by atoms with van der Waals surface area (Å²) in [5.41, 5.74) is 0.266. The molecule has 0 unspecified atom stereocenters. The number of ether oxygens (including phenoxy) is 1. The van der Waals surface area contributed by atoms with Crippen LogP contribution in [0.25, 0.3) is 6.08 Å². The van der Waals surface area contributed by atoms with E-state index in [2.05, 4.69) is 0 Å². The fourth-order valence-electron chi connectivity index (χ4n) is 2.56. The lowest BCUT2D eigenvalue weighted by Crippen LogP contribution is -2.28. The maximum atomic E-state index is 12.0. The van der Waals surface area contributed by atoms with Gasteiger partial charge in [0, 0.05) is 18.1 Å². The average Bonchev–Trinajstić information content (AvgIpc) is 2.66. The highest BCUT2D eigenvalue weighted by Crippen LogP contribution is 2.32. The predicted octanol–water partition coefficient (Wildman–Crippen LogP) is 1.39. The second kappa shape index (κ2) is 9.32. The number of aliphatic carboxylic acids is 2. The molecule has 2 aromatic rings. The van der Waals surface area contributed by atoms with Crippen molar-refractivity contribution in [2.24, 2.45) is 0 Å². The second-order valence-corrected chi connectivity index (χ2v) is 6.20. The molecule has 30 heavy (non-hydrogen) atoms. The van der Waals surface area contributed by atoms with Gasteiger partial charge in [0.2, 0.25) is 6.10 Å². The number of hydrogen-bond donors (Lipinski definition) is 6. The topological polar surface area (TPSA) is 182 Å². The van der Waals surface area contributed by atoms with Crippen LogP contribution in [0.15, 0.2) is 36.4 Å². The molecular formula is C20H18O10. The van der Waals surface area contributed by atoms with Crippen LogP contribution in [-0.4, -0.2) is 54.7 Å². The van der Waals surface area contributed by atoms with E-state index in [1.165, 1.54) is 12.1 Å². The lowest BCUT2D eigenvalue weighted by atomic mass is 10.0. The maximum absolute atomic E-state index is 12.0. The molecule has 0 aliphatic heterocycles. The summed E-state index contributed by atoms with van der Waals surface area (Å²) in [6.07, 6.45) is -0.547. The number of carboxylic acids is 2. The van der Waals surface area contributed by atoms with Crippen molar-refractivity contribution in [3.63, 3.8) is 0 Å². The van der Waals surface area contributed by atoms with E-state index in [4.69, 9.17) is 9.84 Å². The highest BCUT2D eigenvalue weighted by atomic mass is 16.6. The lowest BCUT2D eigenvalue weighted by Gasteiger charge is -2.13. The molecule has 0 amide bonds. The van der Waals surface area contributed by atoms with Gasteiger partial charge in [0.1, 0.15) is 0 Å². The highest BCUT2D eigenvalue weighted by Gasteiger charge is 2.22. The molecule has 0 radical (unpaired) electrons. The molecule has 0 spiro atoms. The third-order valence-corrected chi connectivity index (χ3v) is 4.02. The van der Waals surface area contributed by atoms with Crippen molar-refractivity contribution in [2.45, 2.75) is 18.9 Å². The number of hydrogen-bond acceptors (Lipinski definition) is 8. The van der Waals surface area contributed by atoms with Crippen LogP contribution >= 0.6 is 0 Å². The van der Waals surface area contributed by atoms with Crippen LogP contribution in [-0.2, 0) is 32.0 Å². The minimum Gasteiger partial charge on any atom is -0.504 e. The Morgan fingerprint density at radius 2 is 1.60 bits per heavy atom. The predicted molar refractivity (Wildman–Crippen MR) is 101 cm³/mol. The van der Waals surface area contributed by atoms with Gasteiger partial charge in [-0.05, 0) is 35.4 Å². The molecule has 2 aromatic carbocycles. The molecule has 6 N–H and O–H groups in total. The third-order valence-electron chi connectivity index (χ3n) is 4.02. The Morgan fingerprint density at radius 1 is 0.933 bits per heavy atom. The maximum Gasteiger partial charge on any atom is 0.345 e. The van der Waals surface area contributed by atoms with Gasteiger partial charge < -0.3 is 35.4 Å². The molecule has 0 bridgehead atoms. The van der Waals surface area contributed by atoms with Gasteiger partial charge in [-0.2, -0.15) is 0 Å². The third kappa shape index (κ3) is 5.64. The minimum absolute atomic E-state index is 0.111. The standard InChI is InChI=1S/C20H18O10/c21-13-4-1-10(7-15(13)23)8-16(20(28)29)30-18(26)6-3-11-2-5-14(22)19(27)12(11)9-17(24)25/h1-7,16,21-23,27H,8-9H2,(H,24,25)(H,28,29)/b6-3+/t16-/m1/s1. The second-order valence-electron chi connectivity index (χ2n) is 6.20. The van der Waals surface area contributed by atoms with Crippen molar-refractivity contribution >= 4 is 24.0 Å². The summed E-state index contributed by atoms with van der Waals surface area (Å²) >= 11 is 0. The van der Waals surface area contributed by atoms with Crippen molar-refractivity contribution in [1.29, 1.82) is 0 Å². The minimum atomic E-state index is -1.60. The largest absolute Gasteiger partial charge is 0.504 e. The summed E-state index contributed by atoms with van der Waals surface area (Å²) in [7, 11) is 0. The van der Waals surface area contributed by atoms with Crippen molar-refractivity contribution in [3.05, 3.63) is 53.1 Å². The Bertz CT molecular complexity index is 1010. The summed E-state index contributed by atoms with van der Waals surface area (Å²) in [4.78, 5) is 34.4. The van der Waals surface area contributed by atoms with E-state index in [1.807, 2.05) is 0 Å². The van der Waals surface area contributed by atoms with Gasteiger partial charge in [-0.3, -0.25) is 4.79 Å². The van der Waals surface area contributed by atoms with E-state index in [-0.39, 0.29) is 23.3 Å². The van der Waals surface area contributed by atoms with Gasteiger partial charge in [0.15, 0.2) is 23.0 Å². The normalized spacial score (nSPS) is 11.9. The van der Waals surface area contributed by atoms with E-state index in [1.54, 1.807) is 0 Å². The smallest absolute Gasteiger partial charge is 0.345 e. The number of carbonyl (C=O) groups excluding carboxylic acids is 1. The first kappa shape index (κ1) is 22.1. The van der Waals surface area contributed by atoms with E-state index in [0.29, 0.717) is 5.56 Å². The molecule has 2 rings (SSSR count). The first-order valence-corrected chi connectivity index (χ1v) is 8.46. The molecule has 0 aliphatic carbocycles. The zero-order chi connectivity index (χ0) is 22.4. The van der Waals surface area contributed by atoms with Crippen LogP contribution in [0.1, 0.15) is 16.7 Å². The van der Waals surface area contributed by atoms with E-state index in [9.17, 15) is 39.9 Å². The Balaban J connectivity index is 2.17. The number of benzene rings is 2. The van der Waals surface area contributed by atoms with Gasteiger partial charge in [-0.25, -0.2) is 9.59 Å². The number of carbonyl (C=O) groups is 3. The fourth-order valence-corrected chi connectivity index (χ4v) is 2.56. The molecule has 0 saturated carbocycles. The molecule has 0 aromatic heterocycles. The number of rotatable bonds is 8. The molecule has 0 fully saturated rings. The first-order valence-electron chi connectivity index (χ1n) is 8.46. The lowest BCUT2D eigenvalue weighted by molar-refractivity contribution is -0.160. The van der Waals surface area contributed by atoms with Crippen LogP contribution in [0, 0.1) is 0 Å². The van der Waals surface area contributed by atoms with Crippen LogP contribution in [0.4, 0.5) is 0 Å². The van der Waals surface area contributed by atoms with Crippen LogP contribution in [0.3, 0.4) is 0 Å². The number of carboxylic acid groups (broad SMARTS) is 2. The molecule has 10 nitrogen and oxygen atoms in total. The molecule has 10 heteroatoms. The molecule has 1 atom stereocenters. The molecule has 0 heterocycles. The quantitative estimate of drug-likeness (QED) is 0.208. The fraction of sp³-hybridized carbons (Fsp3) is 0.150. The van der Waals surface area contributed by atoms with Crippen LogP contribution < -0.4 is 0 Å². The SMILES string of the molecule is O=C(O)Cc1c(/C=C/C(=O)O[C@H](Cc2ccc(O)c(O)c2)C(=O)O)ccc(O)c1O. The summed E-state index contributed by atoms with van der Waals surface area (Å²) < 4.78 is 4.89. The summed E-state index contributed by atoms with van der Waals surface area (Å²) in [6, 6.07) is 6.01. The van der Waals surface area contributed by atoms with Gasteiger partial charge in [-0.1, -0.05) is 12.1 Å². The van der Waals surface area contributed by atoms with Gasteiger partial charge >= 0.3 is 17.9 Å². The summed E-state index contributed by atoms with van der Waals surface area (Å²) in [5.74, 6) is -5.81. The van der Waals surface area contributed by atoms with Crippen molar-refractivity contribution in [3.8, 4) is 23.0 Å². The number of phenols is 4. The Hall–Kier alpha value is -4.21. The zero-order valence-electron chi connectivity index (χ0n) is 15.3. The van der Waals surface area contributed by atoms with Gasteiger partial charge in [0.25, 0.3) is 0 Å². The zero-order valence-corrected chi connectivity index (χ0v) is 15.3. The monoisotopic (exact) mass is 418 g/mol. The molecular weight excluding hydrogens is 400 g/mol. The Kier molecular flexibility index (Phi) is 6.86. The first-order chi connectivity index (χ1) is 14.1. The number of phenolic OH excluding ortho intramolecular Hbond substituents is 4. The van der Waals surface area contributed by atoms with E-state index >= 15 is 0 Å². The Labute approximate surface area is 169 Å². The van der Waals surface area contributed by atoms with Crippen molar-refractivity contribution < 1.29 is 49.8 Å². The molecule has 0 saturated heterocycles. The molecule has 158 valence electrons. The summed E-state index contributed by atoms with van der Waals surface area (Å²) in [6.45, 7) is 0. The highest BCUT2D eigenvalue weighted by molar-refractivity contribution is 5.90. The summed E-state index contributed by atoms with van der Waals surface area (Å²) in [5, 5.41) is 56.3. The van der Waals surface area contributed by atoms with Gasteiger partial charge in [0.05, 0.1) is 6.42 Å². The van der Waals surface area contributed by atoms with Gasteiger partial charge in [-0.15, -0.1) is 0 Å². The number of aromatic hydroxyl groups is 4. The van der Waals surface area contributed by atoms with E-state index < -0.39 is 47.7 Å². The van der Waals surface area contributed by atoms with E-state index in [0.717, 1.165) is 30.4 Å². The van der Waals surface area contributed by atoms with Crippen LogP contribution in [0.2, 0.25) is 0 Å². The molecule has 0 aliphatic rings. The number of esters is 1. The van der Waals surface area contributed by atoms with Crippen molar-refractivity contribution in [1.82, 2.24) is 0 Å².